The Hall–Kier alpha value is 0.440. The van der Waals surface area contributed by atoms with E-state index in [-0.39, 0.29) is 5.75 Å². The SMILES string of the molecule is CCS(=O)(=O)[C@](Cl)(I)[C@@H](O)c1cccc(Cl)c1. The summed E-state index contributed by atoms with van der Waals surface area (Å²) >= 11 is 13.3. The fourth-order valence-corrected chi connectivity index (χ4v) is 4.04. The second-order valence-electron chi connectivity index (χ2n) is 3.42. The summed E-state index contributed by atoms with van der Waals surface area (Å²) in [4.78, 5) is 0. The van der Waals surface area contributed by atoms with Crippen LogP contribution in [0.1, 0.15) is 18.6 Å². The number of benzene rings is 1. The van der Waals surface area contributed by atoms with Gasteiger partial charge in [0.05, 0.1) is 5.75 Å². The summed E-state index contributed by atoms with van der Waals surface area (Å²) in [5.74, 6) is -0.142. The first-order chi connectivity index (χ1) is 7.72. The molecule has 7 heteroatoms. The number of halogens is 3. The first kappa shape index (κ1) is 15.5. The van der Waals surface area contributed by atoms with Crippen LogP contribution in [0, 0.1) is 0 Å². The minimum Gasteiger partial charge on any atom is -0.385 e. The molecule has 0 aromatic heterocycles. The van der Waals surface area contributed by atoms with E-state index >= 15 is 0 Å². The molecule has 1 aromatic rings. The van der Waals surface area contributed by atoms with E-state index in [1.165, 1.54) is 13.0 Å². The average Bonchev–Trinajstić information content (AvgIpc) is 2.27. The molecule has 0 aliphatic heterocycles. The van der Waals surface area contributed by atoms with Crippen molar-refractivity contribution in [1.29, 1.82) is 0 Å². The first-order valence-corrected chi connectivity index (χ1v) is 8.24. The molecule has 0 saturated heterocycles. The minimum absolute atomic E-state index is 0.142. The molecule has 0 heterocycles. The molecule has 0 spiro atoms. The molecule has 3 nitrogen and oxygen atoms in total. The third kappa shape index (κ3) is 3.26. The molecule has 0 unspecified atom stereocenters. The third-order valence-corrected chi connectivity index (χ3v) is 7.84. The number of rotatable bonds is 4. The number of alkyl halides is 2. The highest BCUT2D eigenvalue weighted by molar-refractivity contribution is 14.1. The van der Waals surface area contributed by atoms with Gasteiger partial charge in [-0.25, -0.2) is 8.42 Å². The van der Waals surface area contributed by atoms with E-state index in [9.17, 15) is 13.5 Å². The number of aliphatic hydroxyl groups is 1. The Morgan fingerprint density at radius 1 is 1.53 bits per heavy atom. The van der Waals surface area contributed by atoms with Gasteiger partial charge in [-0.15, -0.1) is 0 Å². The van der Waals surface area contributed by atoms with Gasteiger partial charge in [-0.05, 0) is 40.3 Å². The molecular formula is C10H11Cl2IO3S. The van der Waals surface area contributed by atoms with Gasteiger partial charge in [0.1, 0.15) is 6.10 Å². The normalized spacial score (nSPS) is 17.5. The lowest BCUT2D eigenvalue weighted by atomic mass is 10.1. The lowest BCUT2D eigenvalue weighted by Gasteiger charge is -2.26. The van der Waals surface area contributed by atoms with E-state index in [2.05, 4.69) is 0 Å². The van der Waals surface area contributed by atoms with Gasteiger partial charge in [-0.3, -0.25) is 0 Å². The van der Waals surface area contributed by atoms with Crippen molar-refractivity contribution in [2.75, 3.05) is 5.75 Å². The van der Waals surface area contributed by atoms with E-state index in [4.69, 9.17) is 23.2 Å². The van der Waals surface area contributed by atoms with E-state index in [0.29, 0.717) is 10.6 Å². The second kappa shape index (κ2) is 5.61. The fourth-order valence-electron chi connectivity index (χ4n) is 1.23. The molecule has 0 amide bonds. The zero-order valence-corrected chi connectivity index (χ0v) is 13.4. The van der Waals surface area contributed by atoms with Crippen LogP contribution in [0.4, 0.5) is 0 Å². The van der Waals surface area contributed by atoms with Gasteiger partial charge in [-0.1, -0.05) is 42.3 Å². The van der Waals surface area contributed by atoms with Crippen molar-refractivity contribution in [2.24, 2.45) is 0 Å². The van der Waals surface area contributed by atoms with Crippen molar-refractivity contribution in [3.05, 3.63) is 34.9 Å². The average molecular weight is 409 g/mol. The Morgan fingerprint density at radius 2 is 2.12 bits per heavy atom. The summed E-state index contributed by atoms with van der Waals surface area (Å²) in [7, 11) is -3.60. The Morgan fingerprint density at radius 3 is 2.59 bits per heavy atom. The molecule has 1 N–H and O–H groups in total. The lowest BCUT2D eigenvalue weighted by Crippen LogP contribution is -2.34. The summed E-state index contributed by atoms with van der Waals surface area (Å²) in [6, 6.07) is 6.34. The molecule has 96 valence electrons. The largest absolute Gasteiger partial charge is 0.385 e. The van der Waals surface area contributed by atoms with Crippen LogP contribution in [0.5, 0.6) is 0 Å². The molecule has 17 heavy (non-hydrogen) atoms. The second-order valence-corrected chi connectivity index (χ2v) is 10.2. The van der Waals surface area contributed by atoms with Gasteiger partial charge in [-0.2, -0.15) is 0 Å². The summed E-state index contributed by atoms with van der Waals surface area (Å²) in [6.07, 6.45) is -1.34. The van der Waals surface area contributed by atoms with Crippen molar-refractivity contribution in [3.63, 3.8) is 0 Å². The molecule has 1 aromatic carbocycles. The lowest BCUT2D eigenvalue weighted by molar-refractivity contribution is 0.187. The van der Waals surface area contributed by atoms with E-state index in [1.54, 1.807) is 40.8 Å². The van der Waals surface area contributed by atoms with Gasteiger partial charge in [0.15, 0.2) is 9.84 Å². The number of aliphatic hydroxyl groups excluding tert-OH is 1. The summed E-state index contributed by atoms with van der Waals surface area (Å²) in [5, 5.41) is 10.5. The number of sulfone groups is 1. The van der Waals surface area contributed by atoms with Crippen LogP contribution in [-0.2, 0) is 9.84 Å². The molecule has 0 aliphatic carbocycles. The van der Waals surface area contributed by atoms with Crippen LogP contribution >= 0.6 is 45.8 Å². The molecule has 1 rings (SSSR count). The highest BCUT2D eigenvalue weighted by Crippen LogP contribution is 2.43. The zero-order valence-electron chi connectivity index (χ0n) is 8.90. The van der Waals surface area contributed by atoms with Crippen LogP contribution in [0.15, 0.2) is 24.3 Å². The summed E-state index contributed by atoms with van der Waals surface area (Å²) < 4.78 is 21.8. The quantitative estimate of drug-likeness (QED) is 0.615. The van der Waals surface area contributed by atoms with Gasteiger partial charge >= 0.3 is 0 Å². The van der Waals surface area contributed by atoms with Gasteiger partial charge in [0.25, 0.3) is 0 Å². The summed E-state index contributed by atoms with van der Waals surface area (Å²) in [5.41, 5.74) is 0.374. The molecular weight excluding hydrogens is 398 g/mol. The molecule has 0 radical (unpaired) electrons. The maximum absolute atomic E-state index is 11.8. The van der Waals surface area contributed by atoms with Gasteiger partial charge < -0.3 is 5.11 Å². The van der Waals surface area contributed by atoms with Gasteiger partial charge in [0.2, 0.25) is 2.21 Å². The van der Waals surface area contributed by atoms with Crippen molar-refractivity contribution in [2.45, 2.75) is 15.2 Å². The highest BCUT2D eigenvalue weighted by Gasteiger charge is 2.45. The van der Waals surface area contributed by atoms with Crippen molar-refractivity contribution in [1.82, 2.24) is 0 Å². The predicted molar refractivity (Wildman–Crippen MR) is 78.5 cm³/mol. The van der Waals surface area contributed by atoms with Crippen molar-refractivity contribution >= 4 is 55.6 Å². The molecule has 0 saturated carbocycles. The predicted octanol–water partition coefficient (Wildman–Crippen LogP) is 3.14. The Kier molecular flexibility index (Phi) is 5.11. The minimum atomic E-state index is -3.60. The van der Waals surface area contributed by atoms with E-state index in [0.717, 1.165) is 0 Å². The molecule has 2 atom stereocenters. The Bertz CT molecular complexity index is 502. The van der Waals surface area contributed by atoms with Crippen LogP contribution in [-0.4, -0.2) is 21.5 Å². The zero-order chi connectivity index (χ0) is 13.3. The Labute approximate surface area is 124 Å². The highest BCUT2D eigenvalue weighted by atomic mass is 127. The fraction of sp³-hybridized carbons (Fsp3) is 0.400. The number of hydrogen-bond acceptors (Lipinski definition) is 3. The van der Waals surface area contributed by atoms with Crippen molar-refractivity contribution in [3.8, 4) is 0 Å². The monoisotopic (exact) mass is 408 g/mol. The standard InChI is InChI=1S/C10H11Cl2IO3S/c1-2-17(15,16)10(12,13)9(14)7-4-3-5-8(11)6-7/h3-6,9,14H,2H2,1H3/t9-,10+/m0/s1. The smallest absolute Gasteiger partial charge is 0.225 e. The molecule has 0 fully saturated rings. The van der Waals surface area contributed by atoms with E-state index < -0.39 is 18.2 Å². The summed E-state index contributed by atoms with van der Waals surface area (Å²) in [6.45, 7) is 1.48. The van der Waals surface area contributed by atoms with E-state index in [1.807, 2.05) is 0 Å². The van der Waals surface area contributed by atoms with Crippen LogP contribution in [0.2, 0.25) is 5.02 Å². The topological polar surface area (TPSA) is 54.4 Å². The van der Waals surface area contributed by atoms with Crippen molar-refractivity contribution < 1.29 is 13.5 Å². The third-order valence-electron chi connectivity index (χ3n) is 2.28. The molecule has 0 bridgehead atoms. The first-order valence-electron chi connectivity index (χ1n) is 4.76. The number of hydrogen-bond donors (Lipinski definition) is 1. The maximum Gasteiger partial charge on any atom is 0.225 e. The van der Waals surface area contributed by atoms with Crippen LogP contribution < -0.4 is 0 Å². The van der Waals surface area contributed by atoms with Crippen LogP contribution in [0.25, 0.3) is 0 Å². The molecule has 0 aliphatic rings. The maximum atomic E-state index is 11.8. The van der Waals surface area contributed by atoms with Gasteiger partial charge in [0, 0.05) is 5.02 Å². The Balaban J connectivity index is 3.17. The van der Waals surface area contributed by atoms with Crippen LogP contribution in [0.3, 0.4) is 0 Å².